The second kappa shape index (κ2) is 3.88. The lowest BCUT2D eigenvalue weighted by Gasteiger charge is -2.15. The summed E-state index contributed by atoms with van der Waals surface area (Å²) in [7, 11) is 0. The number of hydrogen-bond acceptors (Lipinski definition) is 3. The molecule has 0 fully saturated rings. The van der Waals surface area contributed by atoms with Crippen molar-refractivity contribution in [3.05, 3.63) is 18.6 Å². The fraction of sp³-hybridized carbons (Fsp3) is 0.455. The number of nitrogen functional groups attached to an aromatic ring is 1. The Kier molecular flexibility index (Phi) is 2.58. The molecule has 0 bridgehead atoms. The van der Waals surface area contributed by atoms with Gasteiger partial charge in [-0.05, 0) is 18.9 Å². The van der Waals surface area contributed by atoms with Gasteiger partial charge in [0, 0.05) is 12.2 Å². The first kappa shape index (κ1) is 9.96. The van der Waals surface area contributed by atoms with Crippen molar-refractivity contribution in [2.75, 3.05) is 5.73 Å². The lowest BCUT2D eigenvalue weighted by molar-refractivity contribution is 0.483. The van der Waals surface area contributed by atoms with Gasteiger partial charge in [-0.1, -0.05) is 13.8 Å². The summed E-state index contributed by atoms with van der Waals surface area (Å²) in [6.45, 7) is 4.37. The summed E-state index contributed by atoms with van der Waals surface area (Å²) in [5.74, 6) is 0.560. The fourth-order valence-corrected chi connectivity index (χ4v) is 1.97. The molecule has 80 valence electrons. The molecule has 2 N–H and O–H groups in total. The van der Waals surface area contributed by atoms with Crippen LogP contribution in [-0.4, -0.2) is 14.5 Å². The van der Waals surface area contributed by atoms with Gasteiger partial charge in [-0.3, -0.25) is 0 Å². The number of rotatable bonds is 3. The van der Waals surface area contributed by atoms with Gasteiger partial charge >= 0.3 is 0 Å². The van der Waals surface area contributed by atoms with E-state index in [0.29, 0.717) is 11.9 Å². The minimum atomic E-state index is 0.497. The summed E-state index contributed by atoms with van der Waals surface area (Å²) >= 11 is 0. The van der Waals surface area contributed by atoms with Crippen LogP contribution in [0.15, 0.2) is 18.6 Å². The third-order valence-electron chi connectivity index (χ3n) is 2.88. The Balaban J connectivity index is 2.58. The van der Waals surface area contributed by atoms with Crippen molar-refractivity contribution in [3.8, 4) is 0 Å². The monoisotopic (exact) mass is 204 g/mol. The highest BCUT2D eigenvalue weighted by atomic mass is 15.1. The van der Waals surface area contributed by atoms with Gasteiger partial charge < -0.3 is 10.3 Å². The van der Waals surface area contributed by atoms with Crippen LogP contribution in [0.25, 0.3) is 11.0 Å². The summed E-state index contributed by atoms with van der Waals surface area (Å²) in [6, 6.07) is 2.49. The lowest BCUT2D eigenvalue weighted by Crippen LogP contribution is -2.06. The summed E-state index contributed by atoms with van der Waals surface area (Å²) in [5, 5.41) is 0.949. The third-order valence-corrected chi connectivity index (χ3v) is 2.88. The first-order valence-corrected chi connectivity index (χ1v) is 5.35. The second-order valence-electron chi connectivity index (χ2n) is 3.69. The summed E-state index contributed by atoms with van der Waals surface area (Å²) in [5.41, 5.74) is 6.73. The molecule has 4 nitrogen and oxygen atoms in total. The molecule has 0 saturated carbocycles. The molecule has 2 aromatic rings. The van der Waals surface area contributed by atoms with Crippen LogP contribution in [0.3, 0.4) is 0 Å². The number of nitrogens with zero attached hydrogens (tertiary/aromatic N) is 3. The minimum Gasteiger partial charge on any atom is -0.383 e. The number of nitrogens with two attached hydrogens (primary N) is 1. The van der Waals surface area contributed by atoms with Gasteiger partial charge in [-0.15, -0.1) is 0 Å². The van der Waals surface area contributed by atoms with E-state index in [-0.39, 0.29) is 0 Å². The highest BCUT2D eigenvalue weighted by Gasteiger charge is 2.11. The molecular weight excluding hydrogens is 188 g/mol. The van der Waals surface area contributed by atoms with E-state index in [0.717, 1.165) is 23.9 Å². The molecule has 0 amide bonds. The van der Waals surface area contributed by atoms with E-state index in [9.17, 15) is 0 Å². The predicted octanol–water partition coefficient (Wildman–Crippen LogP) is 2.37. The van der Waals surface area contributed by atoms with Crippen LogP contribution in [0.2, 0.25) is 0 Å². The number of fused-ring (bicyclic) bond motifs is 1. The Hall–Kier alpha value is -1.58. The molecule has 0 aliphatic carbocycles. The SMILES string of the molecule is CCC(CC)n1ccc2c(N)ncnc21. The van der Waals surface area contributed by atoms with Crippen LogP contribution in [0.5, 0.6) is 0 Å². The molecule has 15 heavy (non-hydrogen) atoms. The zero-order valence-electron chi connectivity index (χ0n) is 9.14. The minimum absolute atomic E-state index is 0.497. The molecule has 0 saturated heterocycles. The predicted molar refractivity (Wildman–Crippen MR) is 61.6 cm³/mol. The van der Waals surface area contributed by atoms with E-state index >= 15 is 0 Å². The highest BCUT2D eigenvalue weighted by molar-refractivity contribution is 5.86. The summed E-state index contributed by atoms with van der Waals surface area (Å²) < 4.78 is 2.19. The molecule has 0 aromatic carbocycles. The van der Waals surface area contributed by atoms with Crippen molar-refractivity contribution in [2.45, 2.75) is 32.7 Å². The highest BCUT2D eigenvalue weighted by Crippen LogP contribution is 2.24. The third kappa shape index (κ3) is 1.56. The Morgan fingerprint density at radius 1 is 1.33 bits per heavy atom. The summed E-state index contributed by atoms with van der Waals surface area (Å²) in [4.78, 5) is 8.28. The van der Waals surface area contributed by atoms with Crippen molar-refractivity contribution < 1.29 is 0 Å². The van der Waals surface area contributed by atoms with Crippen LogP contribution < -0.4 is 5.73 Å². The smallest absolute Gasteiger partial charge is 0.145 e. The van der Waals surface area contributed by atoms with E-state index in [1.807, 2.05) is 12.3 Å². The lowest BCUT2D eigenvalue weighted by atomic mass is 10.2. The molecule has 4 heteroatoms. The van der Waals surface area contributed by atoms with Gasteiger partial charge in [0.05, 0.1) is 5.39 Å². The van der Waals surface area contributed by atoms with Crippen LogP contribution in [0, 0.1) is 0 Å². The number of aromatic nitrogens is 3. The van der Waals surface area contributed by atoms with Crippen molar-refractivity contribution in [3.63, 3.8) is 0 Å². The van der Waals surface area contributed by atoms with E-state index in [4.69, 9.17) is 5.73 Å². The molecular formula is C11H16N4. The van der Waals surface area contributed by atoms with Crippen molar-refractivity contribution in [1.82, 2.24) is 14.5 Å². The first-order chi connectivity index (χ1) is 7.27. The molecule has 0 spiro atoms. The van der Waals surface area contributed by atoms with Crippen LogP contribution >= 0.6 is 0 Å². The Labute approximate surface area is 89.1 Å². The molecule has 2 heterocycles. The maximum Gasteiger partial charge on any atom is 0.145 e. The zero-order chi connectivity index (χ0) is 10.8. The quantitative estimate of drug-likeness (QED) is 0.835. The van der Waals surface area contributed by atoms with Crippen molar-refractivity contribution in [1.29, 1.82) is 0 Å². The van der Waals surface area contributed by atoms with E-state index in [1.165, 1.54) is 6.33 Å². The van der Waals surface area contributed by atoms with Crippen LogP contribution in [0.1, 0.15) is 32.7 Å². The van der Waals surface area contributed by atoms with Crippen molar-refractivity contribution in [2.24, 2.45) is 0 Å². The van der Waals surface area contributed by atoms with Gasteiger partial charge in [0.25, 0.3) is 0 Å². The Bertz CT molecular complexity index is 457. The van der Waals surface area contributed by atoms with Gasteiger partial charge in [0.2, 0.25) is 0 Å². The maximum absolute atomic E-state index is 5.79. The molecule has 2 rings (SSSR count). The molecule has 0 atom stereocenters. The molecule has 2 aromatic heterocycles. The average Bonchev–Trinajstić information content (AvgIpc) is 2.66. The maximum atomic E-state index is 5.79. The molecule has 0 unspecified atom stereocenters. The van der Waals surface area contributed by atoms with Gasteiger partial charge in [0.1, 0.15) is 17.8 Å². The zero-order valence-corrected chi connectivity index (χ0v) is 9.14. The van der Waals surface area contributed by atoms with Gasteiger partial charge in [0.15, 0.2) is 0 Å². The van der Waals surface area contributed by atoms with Crippen LogP contribution in [0.4, 0.5) is 5.82 Å². The van der Waals surface area contributed by atoms with E-state index in [1.54, 1.807) is 0 Å². The largest absolute Gasteiger partial charge is 0.383 e. The van der Waals surface area contributed by atoms with Gasteiger partial charge in [-0.25, -0.2) is 9.97 Å². The number of anilines is 1. The molecule has 0 aliphatic heterocycles. The Morgan fingerprint density at radius 3 is 2.73 bits per heavy atom. The average molecular weight is 204 g/mol. The van der Waals surface area contributed by atoms with E-state index in [2.05, 4.69) is 28.4 Å². The Morgan fingerprint density at radius 2 is 2.07 bits per heavy atom. The van der Waals surface area contributed by atoms with E-state index < -0.39 is 0 Å². The first-order valence-electron chi connectivity index (χ1n) is 5.35. The van der Waals surface area contributed by atoms with Crippen LogP contribution in [-0.2, 0) is 0 Å². The summed E-state index contributed by atoms with van der Waals surface area (Å²) in [6.07, 6.45) is 5.78. The normalized spacial score (nSPS) is 11.4. The topological polar surface area (TPSA) is 56.7 Å². The molecule has 0 radical (unpaired) electrons. The number of hydrogen-bond donors (Lipinski definition) is 1. The fourth-order valence-electron chi connectivity index (χ4n) is 1.97. The second-order valence-corrected chi connectivity index (χ2v) is 3.69. The van der Waals surface area contributed by atoms with Crippen molar-refractivity contribution >= 4 is 16.9 Å². The van der Waals surface area contributed by atoms with Gasteiger partial charge in [-0.2, -0.15) is 0 Å². The molecule has 0 aliphatic rings. The standard InChI is InChI=1S/C11H16N4/c1-3-8(4-2)15-6-5-9-10(12)13-7-14-11(9)15/h5-8H,3-4H2,1-2H3,(H2,12,13,14).